The normalized spacial score (nSPS) is 10.2. The van der Waals surface area contributed by atoms with Gasteiger partial charge in [0.05, 0.1) is 12.2 Å². The molecular weight excluding hydrogens is 252 g/mol. The van der Waals surface area contributed by atoms with E-state index >= 15 is 0 Å². The highest BCUT2D eigenvalue weighted by Gasteiger charge is 2.15. The minimum atomic E-state index is -1.23. The number of anilines is 1. The summed E-state index contributed by atoms with van der Waals surface area (Å²) in [7, 11) is 0. The lowest BCUT2D eigenvalue weighted by atomic mass is 10.2. The summed E-state index contributed by atoms with van der Waals surface area (Å²) in [6.45, 7) is -0.0451. The number of hydrogen-bond acceptors (Lipinski definition) is 1. The maximum Gasteiger partial charge on any atom is 0.412 e. The molecule has 0 aliphatic heterocycles. The molecule has 0 bridgehead atoms. The fourth-order valence-electron chi connectivity index (χ4n) is 1.73. The first-order valence-electron chi connectivity index (χ1n) is 5.57. The predicted octanol–water partition coefficient (Wildman–Crippen LogP) is 3.65. The average molecular weight is 263 g/mol. The molecule has 98 valence electrons. The quantitative estimate of drug-likeness (QED) is 0.918. The van der Waals surface area contributed by atoms with E-state index in [-0.39, 0.29) is 12.2 Å². The standard InChI is InChI=1S/C14H11F2NO2/c15-11-4-1-3-10(7-11)9-17(14(18)19)13-6-2-5-12(16)8-13/h1-8H,9H2,(H,18,19). The number of hydrogen-bond donors (Lipinski definition) is 1. The van der Waals surface area contributed by atoms with Crippen LogP contribution in [0, 0.1) is 11.6 Å². The number of nitrogens with zero attached hydrogens (tertiary/aromatic N) is 1. The molecule has 2 aromatic carbocycles. The van der Waals surface area contributed by atoms with Crippen LogP contribution in [-0.4, -0.2) is 11.2 Å². The van der Waals surface area contributed by atoms with E-state index in [2.05, 4.69) is 0 Å². The van der Waals surface area contributed by atoms with Gasteiger partial charge in [0, 0.05) is 0 Å². The number of amides is 1. The van der Waals surface area contributed by atoms with Crippen LogP contribution < -0.4 is 4.90 Å². The van der Waals surface area contributed by atoms with Crippen molar-refractivity contribution in [3.05, 3.63) is 65.7 Å². The van der Waals surface area contributed by atoms with Crippen LogP contribution in [0.3, 0.4) is 0 Å². The van der Waals surface area contributed by atoms with Crippen LogP contribution in [0.25, 0.3) is 0 Å². The second kappa shape index (κ2) is 5.48. The summed E-state index contributed by atoms with van der Waals surface area (Å²) < 4.78 is 26.2. The molecule has 0 aliphatic rings. The topological polar surface area (TPSA) is 40.5 Å². The van der Waals surface area contributed by atoms with Gasteiger partial charge in [-0.2, -0.15) is 0 Å². The second-order valence-electron chi connectivity index (χ2n) is 3.98. The molecule has 1 N–H and O–H groups in total. The maximum absolute atomic E-state index is 13.1. The molecule has 0 heterocycles. The van der Waals surface area contributed by atoms with Crippen LogP contribution >= 0.6 is 0 Å². The number of carboxylic acid groups (broad SMARTS) is 1. The summed E-state index contributed by atoms with van der Waals surface area (Å²) in [5.41, 5.74) is 0.698. The Bertz CT molecular complexity index is 602. The summed E-state index contributed by atoms with van der Waals surface area (Å²) in [6, 6.07) is 10.9. The highest BCUT2D eigenvalue weighted by atomic mass is 19.1. The van der Waals surface area contributed by atoms with Gasteiger partial charge in [-0.15, -0.1) is 0 Å². The van der Waals surface area contributed by atoms with E-state index in [0.717, 1.165) is 11.0 Å². The van der Waals surface area contributed by atoms with Gasteiger partial charge in [0.2, 0.25) is 0 Å². The van der Waals surface area contributed by atoms with Crippen molar-refractivity contribution in [3.8, 4) is 0 Å². The number of rotatable bonds is 3. The second-order valence-corrected chi connectivity index (χ2v) is 3.98. The molecule has 1 amide bonds. The first-order chi connectivity index (χ1) is 9.06. The van der Waals surface area contributed by atoms with Crippen LogP contribution in [-0.2, 0) is 6.54 Å². The smallest absolute Gasteiger partial charge is 0.412 e. The molecule has 0 atom stereocenters. The Balaban J connectivity index is 2.29. The average Bonchev–Trinajstić information content (AvgIpc) is 2.35. The van der Waals surface area contributed by atoms with E-state index in [9.17, 15) is 13.6 Å². The zero-order valence-corrected chi connectivity index (χ0v) is 9.88. The minimum absolute atomic E-state index is 0.0451. The molecule has 19 heavy (non-hydrogen) atoms. The zero-order valence-electron chi connectivity index (χ0n) is 9.88. The van der Waals surface area contributed by atoms with E-state index in [1.807, 2.05) is 0 Å². The van der Waals surface area contributed by atoms with Crippen molar-refractivity contribution in [3.63, 3.8) is 0 Å². The van der Waals surface area contributed by atoms with Crippen molar-refractivity contribution < 1.29 is 18.7 Å². The van der Waals surface area contributed by atoms with Crippen LogP contribution in [0.4, 0.5) is 19.3 Å². The van der Waals surface area contributed by atoms with Crippen LogP contribution in [0.15, 0.2) is 48.5 Å². The molecule has 5 heteroatoms. The molecule has 2 rings (SSSR count). The zero-order chi connectivity index (χ0) is 13.8. The van der Waals surface area contributed by atoms with Crippen LogP contribution in [0.1, 0.15) is 5.56 Å². The fraction of sp³-hybridized carbons (Fsp3) is 0.0714. The highest BCUT2D eigenvalue weighted by molar-refractivity contribution is 5.85. The van der Waals surface area contributed by atoms with Crippen LogP contribution in [0.5, 0.6) is 0 Å². The van der Waals surface area contributed by atoms with E-state index in [4.69, 9.17) is 5.11 Å². The fourth-order valence-corrected chi connectivity index (χ4v) is 1.73. The van der Waals surface area contributed by atoms with Gasteiger partial charge in [-0.25, -0.2) is 13.6 Å². The molecular formula is C14H11F2NO2. The summed E-state index contributed by atoms with van der Waals surface area (Å²) >= 11 is 0. The first kappa shape index (κ1) is 13.0. The van der Waals surface area contributed by atoms with Crippen molar-refractivity contribution >= 4 is 11.8 Å². The Hall–Kier alpha value is -2.43. The molecule has 0 radical (unpaired) electrons. The summed E-state index contributed by atoms with van der Waals surface area (Å²) in [6.07, 6.45) is -1.23. The SMILES string of the molecule is O=C(O)N(Cc1cccc(F)c1)c1cccc(F)c1. The van der Waals surface area contributed by atoms with Gasteiger partial charge in [0.25, 0.3) is 0 Å². The van der Waals surface area contributed by atoms with E-state index in [0.29, 0.717) is 5.56 Å². The highest BCUT2D eigenvalue weighted by Crippen LogP contribution is 2.19. The molecule has 0 saturated heterocycles. The van der Waals surface area contributed by atoms with E-state index < -0.39 is 17.7 Å². The molecule has 0 saturated carbocycles. The Morgan fingerprint density at radius 3 is 2.26 bits per heavy atom. The van der Waals surface area contributed by atoms with Crippen molar-refractivity contribution in [1.82, 2.24) is 0 Å². The monoisotopic (exact) mass is 263 g/mol. The van der Waals surface area contributed by atoms with Gasteiger partial charge in [-0.3, -0.25) is 4.90 Å². The van der Waals surface area contributed by atoms with Crippen molar-refractivity contribution in [1.29, 1.82) is 0 Å². The van der Waals surface area contributed by atoms with Gasteiger partial charge in [-0.1, -0.05) is 18.2 Å². The van der Waals surface area contributed by atoms with Gasteiger partial charge in [0.15, 0.2) is 0 Å². The molecule has 0 aromatic heterocycles. The van der Waals surface area contributed by atoms with Crippen molar-refractivity contribution in [2.75, 3.05) is 4.90 Å². The Morgan fingerprint density at radius 2 is 1.68 bits per heavy atom. The summed E-state index contributed by atoms with van der Waals surface area (Å²) in [5.74, 6) is -0.968. The summed E-state index contributed by atoms with van der Waals surface area (Å²) in [4.78, 5) is 12.2. The third-order valence-electron chi connectivity index (χ3n) is 2.58. The minimum Gasteiger partial charge on any atom is -0.465 e. The molecule has 0 spiro atoms. The van der Waals surface area contributed by atoms with Crippen LogP contribution in [0.2, 0.25) is 0 Å². The van der Waals surface area contributed by atoms with Gasteiger partial charge in [0.1, 0.15) is 11.6 Å². The molecule has 2 aromatic rings. The van der Waals surface area contributed by atoms with E-state index in [1.165, 1.54) is 36.4 Å². The molecule has 0 aliphatic carbocycles. The largest absolute Gasteiger partial charge is 0.465 e. The first-order valence-corrected chi connectivity index (χ1v) is 5.57. The lowest BCUT2D eigenvalue weighted by Crippen LogP contribution is -2.28. The van der Waals surface area contributed by atoms with Gasteiger partial charge in [-0.05, 0) is 35.9 Å². The molecule has 0 unspecified atom stereocenters. The van der Waals surface area contributed by atoms with E-state index in [1.54, 1.807) is 6.07 Å². The number of benzene rings is 2. The third-order valence-corrected chi connectivity index (χ3v) is 2.58. The lowest BCUT2D eigenvalue weighted by molar-refractivity contribution is 0.201. The molecule has 3 nitrogen and oxygen atoms in total. The van der Waals surface area contributed by atoms with Crippen molar-refractivity contribution in [2.45, 2.75) is 6.54 Å². The third kappa shape index (κ3) is 3.28. The molecule has 0 fully saturated rings. The Morgan fingerprint density at radius 1 is 1.05 bits per heavy atom. The van der Waals surface area contributed by atoms with Crippen molar-refractivity contribution in [2.24, 2.45) is 0 Å². The maximum atomic E-state index is 13.1. The lowest BCUT2D eigenvalue weighted by Gasteiger charge is -2.19. The van der Waals surface area contributed by atoms with Gasteiger partial charge >= 0.3 is 6.09 Å². The summed E-state index contributed by atoms with van der Waals surface area (Å²) in [5, 5.41) is 9.16. The number of carbonyl (C=O) groups is 1. The Kier molecular flexibility index (Phi) is 3.75. The Labute approximate surface area is 108 Å². The number of halogens is 2. The predicted molar refractivity (Wildman–Crippen MR) is 67.0 cm³/mol. The van der Waals surface area contributed by atoms with Gasteiger partial charge < -0.3 is 5.11 Å².